The summed E-state index contributed by atoms with van der Waals surface area (Å²) >= 11 is 0. The molecule has 0 saturated carbocycles. The van der Waals surface area contributed by atoms with Crippen molar-refractivity contribution in [2.75, 3.05) is 52.6 Å². The van der Waals surface area contributed by atoms with Gasteiger partial charge in [-0.2, -0.15) is 0 Å². The van der Waals surface area contributed by atoms with E-state index in [4.69, 9.17) is 0 Å². The van der Waals surface area contributed by atoms with Crippen molar-refractivity contribution < 1.29 is 13.5 Å². The first-order valence-electron chi connectivity index (χ1n) is 7.82. The lowest BCUT2D eigenvalue weighted by Crippen LogP contribution is -2.40. The number of hydrogen-bond acceptors (Lipinski definition) is 5. The minimum Gasteiger partial charge on any atom is -0.392 e. The van der Waals surface area contributed by atoms with Crippen LogP contribution >= 0.6 is 0 Å². The normalized spacial score (nSPS) is 20.0. The average molecular weight is 321 g/mol. The van der Waals surface area contributed by atoms with Crippen LogP contribution in [0.1, 0.15) is 26.2 Å². The summed E-state index contributed by atoms with van der Waals surface area (Å²) in [5.74, 6) is 0.875. The number of piperidine rings is 1. The van der Waals surface area contributed by atoms with E-state index in [-0.39, 0.29) is 11.9 Å². The minimum absolute atomic E-state index is 0.208. The van der Waals surface area contributed by atoms with Gasteiger partial charge < -0.3 is 15.3 Å². The Bertz CT molecular complexity index is 377. The van der Waals surface area contributed by atoms with Crippen LogP contribution in [-0.4, -0.2) is 81.4 Å². The summed E-state index contributed by atoms with van der Waals surface area (Å²) in [5.41, 5.74) is 0. The molecule has 0 aromatic carbocycles. The first kappa shape index (κ1) is 18.8. The van der Waals surface area contributed by atoms with Crippen molar-refractivity contribution in [2.24, 2.45) is 5.92 Å². The summed E-state index contributed by atoms with van der Waals surface area (Å²) in [7, 11) is 0.0870. The molecule has 0 aromatic heterocycles. The Balaban J connectivity index is 2.07. The van der Waals surface area contributed by atoms with Crippen LogP contribution in [0.25, 0.3) is 0 Å². The molecule has 1 saturated heterocycles. The first-order valence-corrected chi connectivity index (χ1v) is 9.43. The van der Waals surface area contributed by atoms with Crippen LogP contribution in [0.2, 0.25) is 0 Å². The zero-order valence-electron chi connectivity index (χ0n) is 13.6. The molecule has 1 rings (SSSR count). The number of rotatable bonds is 9. The van der Waals surface area contributed by atoms with E-state index in [0.717, 1.165) is 45.6 Å². The van der Waals surface area contributed by atoms with E-state index in [9.17, 15) is 13.5 Å². The third-order valence-corrected chi connectivity index (χ3v) is 5.89. The summed E-state index contributed by atoms with van der Waals surface area (Å²) in [6.07, 6.45) is 2.70. The van der Waals surface area contributed by atoms with E-state index in [1.165, 1.54) is 4.31 Å². The summed E-state index contributed by atoms with van der Waals surface area (Å²) in [5, 5.41) is 12.7. The van der Waals surface area contributed by atoms with E-state index in [2.05, 4.69) is 10.2 Å². The maximum Gasteiger partial charge on any atom is 0.213 e. The summed E-state index contributed by atoms with van der Waals surface area (Å²) < 4.78 is 24.5. The molecule has 1 aliphatic rings. The molecule has 2 N–H and O–H groups in total. The standard InChI is InChI=1S/C14H31N3O3S/c1-13(18)12-17-8-5-14(6-9-17)11-15-7-4-10-21(19,20)16(2)3/h13-15,18H,4-12H2,1-3H3/t13-/m0/s1. The number of nitrogens with one attached hydrogen (secondary N) is 1. The van der Waals surface area contributed by atoms with E-state index in [1.54, 1.807) is 14.1 Å². The van der Waals surface area contributed by atoms with Gasteiger partial charge in [0.25, 0.3) is 0 Å². The third kappa shape index (κ3) is 7.56. The van der Waals surface area contributed by atoms with Gasteiger partial charge in [-0.15, -0.1) is 0 Å². The Morgan fingerprint density at radius 1 is 1.33 bits per heavy atom. The van der Waals surface area contributed by atoms with Crippen LogP contribution in [0.3, 0.4) is 0 Å². The highest BCUT2D eigenvalue weighted by Crippen LogP contribution is 2.16. The number of sulfonamides is 1. The Labute approximate surface area is 129 Å². The van der Waals surface area contributed by atoms with Crippen LogP contribution in [0.5, 0.6) is 0 Å². The molecule has 6 nitrogen and oxygen atoms in total. The van der Waals surface area contributed by atoms with Gasteiger partial charge >= 0.3 is 0 Å². The quantitative estimate of drug-likeness (QED) is 0.583. The highest BCUT2D eigenvalue weighted by Gasteiger charge is 2.19. The molecule has 0 spiro atoms. The maximum absolute atomic E-state index is 11.6. The Hall–Kier alpha value is -0.210. The van der Waals surface area contributed by atoms with Crippen LogP contribution in [0, 0.1) is 5.92 Å². The van der Waals surface area contributed by atoms with E-state index < -0.39 is 10.0 Å². The lowest BCUT2D eigenvalue weighted by Gasteiger charge is -2.32. The van der Waals surface area contributed by atoms with Crippen molar-refractivity contribution in [1.82, 2.24) is 14.5 Å². The van der Waals surface area contributed by atoms with Crippen molar-refractivity contribution in [3.63, 3.8) is 0 Å². The number of hydrogen-bond donors (Lipinski definition) is 2. The van der Waals surface area contributed by atoms with Crippen molar-refractivity contribution >= 4 is 10.0 Å². The van der Waals surface area contributed by atoms with Crippen LogP contribution in [0.4, 0.5) is 0 Å². The lowest BCUT2D eigenvalue weighted by molar-refractivity contribution is 0.0999. The van der Waals surface area contributed by atoms with Crippen molar-refractivity contribution in [3.05, 3.63) is 0 Å². The lowest BCUT2D eigenvalue weighted by atomic mass is 9.96. The number of likely N-dealkylation sites (tertiary alicyclic amines) is 1. The summed E-state index contributed by atoms with van der Waals surface area (Å²) in [6.45, 7) is 6.40. The molecule has 0 amide bonds. The van der Waals surface area contributed by atoms with E-state index in [0.29, 0.717) is 12.3 Å². The maximum atomic E-state index is 11.6. The molecule has 1 aliphatic heterocycles. The second-order valence-electron chi connectivity index (χ2n) is 6.25. The van der Waals surface area contributed by atoms with E-state index >= 15 is 0 Å². The predicted octanol–water partition coefficient (Wildman–Crippen LogP) is -0.0497. The fourth-order valence-corrected chi connectivity index (χ4v) is 3.49. The third-order valence-electron chi connectivity index (χ3n) is 3.97. The van der Waals surface area contributed by atoms with Crippen LogP contribution in [-0.2, 0) is 10.0 Å². The van der Waals surface area contributed by atoms with Gasteiger partial charge in [-0.25, -0.2) is 12.7 Å². The van der Waals surface area contributed by atoms with Gasteiger partial charge in [0, 0.05) is 20.6 Å². The minimum atomic E-state index is -3.06. The van der Waals surface area contributed by atoms with Crippen molar-refractivity contribution in [2.45, 2.75) is 32.3 Å². The van der Waals surface area contributed by atoms with E-state index in [1.807, 2.05) is 6.92 Å². The van der Waals surface area contributed by atoms with Gasteiger partial charge in [0.15, 0.2) is 0 Å². The molecule has 126 valence electrons. The molecule has 0 aromatic rings. The monoisotopic (exact) mass is 321 g/mol. The number of aliphatic hydroxyl groups excluding tert-OH is 1. The molecule has 1 atom stereocenters. The fraction of sp³-hybridized carbons (Fsp3) is 1.00. The van der Waals surface area contributed by atoms with Crippen LogP contribution in [0.15, 0.2) is 0 Å². The average Bonchev–Trinajstić information content (AvgIpc) is 2.39. The van der Waals surface area contributed by atoms with Gasteiger partial charge in [0.1, 0.15) is 0 Å². The molecule has 0 bridgehead atoms. The summed E-state index contributed by atoms with van der Waals surface area (Å²) in [6, 6.07) is 0. The van der Waals surface area contributed by atoms with Crippen molar-refractivity contribution in [3.8, 4) is 0 Å². The molecule has 0 aliphatic carbocycles. The van der Waals surface area contributed by atoms with Gasteiger partial charge in [-0.1, -0.05) is 0 Å². The Kier molecular flexibility index (Phi) is 8.12. The molecule has 7 heteroatoms. The van der Waals surface area contributed by atoms with Gasteiger partial charge in [0.05, 0.1) is 11.9 Å². The molecular formula is C14H31N3O3S. The first-order chi connectivity index (χ1) is 9.81. The number of aliphatic hydroxyl groups is 1. The SMILES string of the molecule is C[C@H](O)CN1CCC(CNCCCS(=O)(=O)N(C)C)CC1. The van der Waals surface area contributed by atoms with Crippen LogP contribution < -0.4 is 5.32 Å². The van der Waals surface area contributed by atoms with Crippen molar-refractivity contribution in [1.29, 1.82) is 0 Å². The topological polar surface area (TPSA) is 72.9 Å². The van der Waals surface area contributed by atoms with Gasteiger partial charge in [-0.3, -0.25) is 0 Å². The molecule has 1 heterocycles. The molecular weight excluding hydrogens is 290 g/mol. The molecule has 0 unspecified atom stereocenters. The zero-order valence-corrected chi connectivity index (χ0v) is 14.4. The highest BCUT2D eigenvalue weighted by atomic mass is 32.2. The molecule has 0 radical (unpaired) electrons. The second-order valence-corrected chi connectivity index (χ2v) is 8.55. The van der Waals surface area contributed by atoms with Gasteiger partial charge in [-0.05, 0) is 58.3 Å². The highest BCUT2D eigenvalue weighted by molar-refractivity contribution is 7.89. The number of β-amino-alcohol motifs (C(OH)–C–C–N with tert-alkyl or cyclic N) is 1. The Morgan fingerprint density at radius 3 is 2.48 bits per heavy atom. The largest absolute Gasteiger partial charge is 0.392 e. The smallest absolute Gasteiger partial charge is 0.213 e. The second kappa shape index (κ2) is 9.05. The summed E-state index contributed by atoms with van der Waals surface area (Å²) in [4.78, 5) is 2.31. The predicted molar refractivity (Wildman–Crippen MR) is 85.8 cm³/mol. The zero-order chi connectivity index (χ0) is 15.9. The molecule has 1 fully saturated rings. The Morgan fingerprint density at radius 2 is 1.95 bits per heavy atom. The van der Waals surface area contributed by atoms with Gasteiger partial charge in [0.2, 0.25) is 10.0 Å². The number of nitrogens with zero attached hydrogens (tertiary/aromatic N) is 2. The molecule has 21 heavy (non-hydrogen) atoms. The fourth-order valence-electron chi connectivity index (χ4n) is 2.62.